The molecule has 5 nitrogen and oxygen atoms in total. The molecular formula is C14H18ClN5. The van der Waals surface area contributed by atoms with Crippen LogP contribution < -0.4 is 10.6 Å². The van der Waals surface area contributed by atoms with Gasteiger partial charge in [-0.05, 0) is 32.3 Å². The average molecular weight is 292 g/mol. The molecule has 106 valence electrons. The molecule has 6 heteroatoms. The Hall–Kier alpha value is -1.85. The smallest absolute Gasteiger partial charge is 0.135 e. The summed E-state index contributed by atoms with van der Waals surface area (Å²) in [4.78, 5) is 10.5. The Morgan fingerprint density at radius 1 is 1.15 bits per heavy atom. The van der Waals surface area contributed by atoms with E-state index in [2.05, 4.69) is 25.5 Å². The fourth-order valence-corrected chi connectivity index (χ4v) is 1.83. The predicted octanol–water partition coefficient (Wildman–Crippen LogP) is 2.85. The molecule has 2 rings (SSSR count). The molecule has 0 saturated carbocycles. The van der Waals surface area contributed by atoms with Gasteiger partial charge in [-0.2, -0.15) is 0 Å². The van der Waals surface area contributed by atoms with E-state index in [0.29, 0.717) is 5.02 Å². The molecule has 0 atom stereocenters. The quantitative estimate of drug-likeness (QED) is 0.857. The summed E-state index contributed by atoms with van der Waals surface area (Å²) in [5.41, 5.74) is 0.899. The third kappa shape index (κ3) is 4.68. The van der Waals surface area contributed by atoms with E-state index in [9.17, 15) is 0 Å². The lowest BCUT2D eigenvalue weighted by molar-refractivity contribution is 0.425. The van der Waals surface area contributed by atoms with Gasteiger partial charge in [0.05, 0.1) is 0 Å². The first-order chi connectivity index (χ1) is 9.63. The maximum absolute atomic E-state index is 5.95. The molecule has 20 heavy (non-hydrogen) atoms. The van der Waals surface area contributed by atoms with Crippen molar-refractivity contribution in [3.05, 3.63) is 41.7 Å². The number of nitrogens with zero attached hydrogens (tertiary/aromatic N) is 3. The van der Waals surface area contributed by atoms with Crippen LogP contribution in [0.3, 0.4) is 0 Å². The SMILES string of the molecule is CN(C)CCNc1cc(Nc2cccc(Cl)c2)ncn1. The van der Waals surface area contributed by atoms with Crippen molar-refractivity contribution in [2.75, 3.05) is 37.8 Å². The van der Waals surface area contributed by atoms with Crippen molar-refractivity contribution in [1.29, 1.82) is 0 Å². The van der Waals surface area contributed by atoms with Gasteiger partial charge in [0, 0.05) is 29.9 Å². The number of halogens is 1. The standard InChI is InChI=1S/C14H18ClN5/c1-20(2)7-6-16-13-9-14(18-10-17-13)19-12-5-3-4-11(15)8-12/h3-5,8-10H,6-7H2,1-2H3,(H2,16,17,18,19). The van der Waals surface area contributed by atoms with Crippen LogP contribution in [-0.4, -0.2) is 42.1 Å². The fraction of sp³-hybridized carbons (Fsp3) is 0.286. The van der Waals surface area contributed by atoms with E-state index in [4.69, 9.17) is 11.6 Å². The van der Waals surface area contributed by atoms with Gasteiger partial charge >= 0.3 is 0 Å². The normalized spacial score (nSPS) is 10.6. The molecule has 0 fully saturated rings. The summed E-state index contributed by atoms with van der Waals surface area (Å²) in [5, 5.41) is 7.14. The van der Waals surface area contributed by atoms with Crippen LogP contribution in [0.1, 0.15) is 0 Å². The number of nitrogens with one attached hydrogen (secondary N) is 2. The number of likely N-dealkylation sites (N-methyl/N-ethyl adjacent to an activating group) is 1. The largest absolute Gasteiger partial charge is 0.369 e. The van der Waals surface area contributed by atoms with Gasteiger partial charge in [0.25, 0.3) is 0 Å². The number of hydrogen-bond acceptors (Lipinski definition) is 5. The Bertz CT molecular complexity index is 559. The van der Waals surface area contributed by atoms with E-state index in [0.717, 1.165) is 30.4 Å². The summed E-state index contributed by atoms with van der Waals surface area (Å²) in [5.74, 6) is 1.53. The van der Waals surface area contributed by atoms with Crippen LogP contribution in [-0.2, 0) is 0 Å². The second kappa shape index (κ2) is 7.07. The number of hydrogen-bond donors (Lipinski definition) is 2. The van der Waals surface area contributed by atoms with E-state index in [1.807, 2.05) is 44.4 Å². The minimum atomic E-state index is 0.688. The summed E-state index contributed by atoms with van der Waals surface area (Å²) >= 11 is 5.95. The first-order valence-electron chi connectivity index (χ1n) is 6.37. The molecule has 0 unspecified atom stereocenters. The molecule has 0 spiro atoms. The molecule has 1 heterocycles. The molecule has 0 aliphatic heterocycles. The second-order valence-electron chi connectivity index (χ2n) is 4.65. The van der Waals surface area contributed by atoms with Crippen molar-refractivity contribution >= 4 is 28.9 Å². The third-order valence-corrected chi connectivity index (χ3v) is 2.86. The zero-order valence-electron chi connectivity index (χ0n) is 11.6. The van der Waals surface area contributed by atoms with E-state index in [-0.39, 0.29) is 0 Å². The summed E-state index contributed by atoms with van der Waals surface area (Å²) in [7, 11) is 4.07. The summed E-state index contributed by atoms with van der Waals surface area (Å²) in [6.45, 7) is 1.78. The van der Waals surface area contributed by atoms with E-state index in [1.165, 1.54) is 6.33 Å². The van der Waals surface area contributed by atoms with Gasteiger partial charge in [0.1, 0.15) is 18.0 Å². The van der Waals surface area contributed by atoms with Gasteiger partial charge in [0.15, 0.2) is 0 Å². The molecule has 0 amide bonds. The topological polar surface area (TPSA) is 53.1 Å². The lowest BCUT2D eigenvalue weighted by atomic mass is 10.3. The maximum atomic E-state index is 5.95. The number of rotatable bonds is 6. The number of benzene rings is 1. The zero-order valence-corrected chi connectivity index (χ0v) is 12.4. The molecule has 0 saturated heterocycles. The average Bonchev–Trinajstić information content (AvgIpc) is 2.39. The van der Waals surface area contributed by atoms with Crippen molar-refractivity contribution in [1.82, 2.24) is 14.9 Å². The first kappa shape index (κ1) is 14.6. The Labute approximate surface area is 124 Å². The predicted molar refractivity (Wildman–Crippen MR) is 83.8 cm³/mol. The van der Waals surface area contributed by atoms with Gasteiger partial charge < -0.3 is 15.5 Å². The van der Waals surface area contributed by atoms with E-state index < -0.39 is 0 Å². The molecule has 2 N–H and O–H groups in total. The Morgan fingerprint density at radius 2 is 1.95 bits per heavy atom. The molecule has 1 aromatic carbocycles. The third-order valence-electron chi connectivity index (χ3n) is 2.63. The molecule has 0 radical (unpaired) electrons. The molecule has 2 aromatic rings. The van der Waals surface area contributed by atoms with E-state index in [1.54, 1.807) is 0 Å². The number of anilines is 3. The van der Waals surface area contributed by atoms with Crippen molar-refractivity contribution < 1.29 is 0 Å². The molecule has 0 aliphatic carbocycles. The highest BCUT2D eigenvalue weighted by Crippen LogP contribution is 2.19. The fourth-order valence-electron chi connectivity index (χ4n) is 1.64. The lowest BCUT2D eigenvalue weighted by Crippen LogP contribution is -2.21. The van der Waals surface area contributed by atoms with Crippen LogP contribution in [0.2, 0.25) is 5.02 Å². The number of aromatic nitrogens is 2. The lowest BCUT2D eigenvalue weighted by Gasteiger charge is -2.11. The van der Waals surface area contributed by atoms with Crippen molar-refractivity contribution in [3.63, 3.8) is 0 Å². The van der Waals surface area contributed by atoms with Gasteiger partial charge in [0.2, 0.25) is 0 Å². The van der Waals surface area contributed by atoms with Gasteiger partial charge in [-0.3, -0.25) is 0 Å². The van der Waals surface area contributed by atoms with Crippen LogP contribution in [0.15, 0.2) is 36.7 Å². The van der Waals surface area contributed by atoms with Crippen LogP contribution in [0, 0.1) is 0 Å². The minimum Gasteiger partial charge on any atom is -0.369 e. The van der Waals surface area contributed by atoms with Gasteiger partial charge in [-0.25, -0.2) is 9.97 Å². The molecular weight excluding hydrogens is 274 g/mol. The Kier molecular flexibility index (Phi) is 5.15. The van der Waals surface area contributed by atoms with Crippen LogP contribution in [0.4, 0.5) is 17.3 Å². The van der Waals surface area contributed by atoms with Crippen molar-refractivity contribution in [2.45, 2.75) is 0 Å². The summed E-state index contributed by atoms with van der Waals surface area (Å²) in [6, 6.07) is 9.38. The monoisotopic (exact) mass is 291 g/mol. The van der Waals surface area contributed by atoms with E-state index >= 15 is 0 Å². The molecule has 1 aromatic heterocycles. The first-order valence-corrected chi connectivity index (χ1v) is 6.74. The maximum Gasteiger partial charge on any atom is 0.135 e. The Balaban J connectivity index is 1.99. The van der Waals surface area contributed by atoms with Crippen molar-refractivity contribution in [2.24, 2.45) is 0 Å². The highest BCUT2D eigenvalue weighted by molar-refractivity contribution is 6.30. The Morgan fingerprint density at radius 3 is 2.70 bits per heavy atom. The molecule has 0 bridgehead atoms. The summed E-state index contributed by atoms with van der Waals surface area (Å²) in [6.07, 6.45) is 1.53. The van der Waals surface area contributed by atoms with Crippen LogP contribution in [0.25, 0.3) is 0 Å². The highest BCUT2D eigenvalue weighted by Gasteiger charge is 2.00. The highest BCUT2D eigenvalue weighted by atomic mass is 35.5. The van der Waals surface area contributed by atoms with Crippen molar-refractivity contribution in [3.8, 4) is 0 Å². The zero-order chi connectivity index (χ0) is 14.4. The van der Waals surface area contributed by atoms with Gasteiger partial charge in [-0.15, -0.1) is 0 Å². The summed E-state index contributed by atoms with van der Waals surface area (Å²) < 4.78 is 0. The molecule has 0 aliphatic rings. The minimum absolute atomic E-state index is 0.688. The van der Waals surface area contributed by atoms with Gasteiger partial charge in [-0.1, -0.05) is 17.7 Å². The second-order valence-corrected chi connectivity index (χ2v) is 5.09. The van der Waals surface area contributed by atoms with Crippen LogP contribution in [0.5, 0.6) is 0 Å². The van der Waals surface area contributed by atoms with Crippen LogP contribution >= 0.6 is 11.6 Å².